The van der Waals surface area contributed by atoms with Gasteiger partial charge in [0.15, 0.2) is 0 Å². The third-order valence-corrected chi connectivity index (χ3v) is 4.46. The van der Waals surface area contributed by atoms with E-state index in [1.54, 1.807) is 19.1 Å². The fourth-order valence-corrected chi connectivity index (χ4v) is 2.92. The largest absolute Gasteiger partial charge is 0.462 e. The molecule has 4 nitrogen and oxygen atoms in total. The normalized spacial score (nSPS) is 14.5. The van der Waals surface area contributed by atoms with Crippen molar-refractivity contribution in [1.29, 1.82) is 0 Å². The lowest BCUT2D eigenvalue weighted by Gasteiger charge is -2.26. The van der Waals surface area contributed by atoms with Crippen LogP contribution in [0.1, 0.15) is 34.0 Å². The molecule has 0 spiro atoms. The van der Waals surface area contributed by atoms with Gasteiger partial charge in [-0.2, -0.15) is 0 Å². The Kier molecular flexibility index (Phi) is 7.43. The van der Waals surface area contributed by atoms with Crippen LogP contribution < -0.4 is 0 Å². The first-order chi connectivity index (χ1) is 13.7. The van der Waals surface area contributed by atoms with E-state index < -0.39 is 0 Å². The second-order valence-electron chi connectivity index (χ2n) is 6.53. The second kappa shape index (κ2) is 10.5. The molecule has 0 aromatic heterocycles. The number of ether oxygens (including phenoxy) is 2. The number of carbonyl (C=O) groups is 1. The highest BCUT2D eigenvalue weighted by Crippen LogP contribution is 2.10. The molecule has 144 valence electrons. The summed E-state index contributed by atoms with van der Waals surface area (Å²) in [6.45, 7) is 6.78. The van der Waals surface area contributed by atoms with E-state index in [0.717, 1.165) is 44.0 Å². The molecule has 4 heteroatoms. The number of esters is 1. The third-order valence-electron chi connectivity index (χ3n) is 4.46. The Labute approximate surface area is 166 Å². The van der Waals surface area contributed by atoms with E-state index in [9.17, 15) is 4.79 Å². The quantitative estimate of drug-likeness (QED) is 0.589. The molecular weight excluding hydrogens is 350 g/mol. The number of carbonyl (C=O) groups excluding carboxylic acids is 1. The highest BCUT2D eigenvalue weighted by Gasteiger charge is 2.10. The van der Waals surface area contributed by atoms with Gasteiger partial charge in [0.25, 0.3) is 0 Å². The van der Waals surface area contributed by atoms with E-state index in [1.165, 1.54) is 5.56 Å². The first kappa shape index (κ1) is 19.9. The van der Waals surface area contributed by atoms with E-state index >= 15 is 0 Å². The number of nitrogens with zero attached hydrogens (tertiary/aromatic N) is 1. The van der Waals surface area contributed by atoms with Crippen LogP contribution in [0, 0.1) is 11.8 Å². The molecule has 2 aromatic carbocycles. The molecule has 28 heavy (non-hydrogen) atoms. The Morgan fingerprint density at radius 1 is 1.11 bits per heavy atom. The van der Waals surface area contributed by atoms with Crippen molar-refractivity contribution in [2.75, 3.05) is 32.9 Å². The lowest BCUT2D eigenvalue weighted by atomic mass is 10.1. The zero-order valence-electron chi connectivity index (χ0n) is 16.2. The predicted octanol–water partition coefficient (Wildman–Crippen LogP) is 3.76. The molecule has 0 bridgehead atoms. The summed E-state index contributed by atoms with van der Waals surface area (Å²) >= 11 is 0. The summed E-state index contributed by atoms with van der Waals surface area (Å²) in [6.07, 6.45) is 3.84. The monoisotopic (exact) mass is 375 g/mol. The van der Waals surface area contributed by atoms with Crippen LogP contribution in [-0.4, -0.2) is 43.8 Å². The minimum atomic E-state index is -0.307. The van der Waals surface area contributed by atoms with Gasteiger partial charge in [-0.3, -0.25) is 4.90 Å². The minimum absolute atomic E-state index is 0.307. The van der Waals surface area contributed by atoms with Crippen LogP contribution in [0.25, 0.3) is 6.08 Å². The summed E-state index contributed by atoms with van der Waals surface area (Å²) in [6, 6.07) is 15.7. The number of hydrogen-bond donors (Lipinski definition) is 0. The summed E-state index contributed by atoms with van der Waals surface area (Å²) in [5.74, 6) is 5.80. The molecule has 0 atom stereocenters. The SMILES string of the molecule is CCOC(=O)c1ccc(C#C/C=C\c2ccc(CN3CCOCC3)cc2)cc1. The Hall–Kier alpha value is -2.87. The van der Waals surface area contributed by atoms with Gasteiger partial charge in [0.05, 0.1) is 25.4 Å². The van der Waals surface area contributed by atoms with Gasteiger partial charge in [-0.1, -0.05) is 36.1 Å². The van der Waals surface area contributed by atoms with Gasteiger partial charge >= 0.3 is 5.97 Å². The molecule has 1 saturated heterocycles. The predicted molar refractivity (Wildman–Crippen MR) is 111 cm³/mol. The van der Waals surface area contributed by atoms with Crippen molar-refractivity contribution >= 4 is 12.0 Å². The summed E-state index contributed by atoms with van der Waals surface area (Å²) < 4.78 is 10.4. The topological polar surface area (TPSA) is 38.8 Å². The molecule has 3 rings (SSSR count). The first-order valence-corrected chi connectivity index (χ1v) is 9.59. The number of allylic oxidation sites excluding steroid dienone is 1. The molecule has 0 aliphatic carbocycles. The molecule has 1 fully saturated rings. The lowest BCUT2D eigenvalue weighted by molar-refractivity contribution is 0.0342. The van der Waals surface area contributed by atoms with Crippen LogP contribution in [0.4, 0.5) is 0 Å². The van der Waals surface area contributed by atoms with E-state index in [-0.39, 0.29) is 5.97 Å². The summed E-state index contributed by atoms with van der Waals surface area (Å²) in [7, 11) is 0. The Bertz CT molecular complexity index is 851. The van der Waals surface area contributed by atoms with Crippen molar-refractivity contribution in [2.45, 2.75) is 13.5 Å². The van der Waals surface area contributed by atoms with Gasteiger partial charge in [-0.25, -0.2) is 4.79 Å². The number of hydrogen-bond acceptors (Lipinski definition) is 4. The maximum absolute atomic E-state index is 11.6. The zero-order valence-corrected chi connectivity index (χ0v) is 16.2. The second-order valence-corrected chi connectivity index (χ2v) is 6.53. The zero-order chi connectivity index (χ0) is 19.6. The fraction of sp³-hybridized carbons (Fsp3) is 0.292. The van der Waals surface area contributed by atoms with Gasteiger partial charge in [0.2, 0.25) is 0 Å². The molecule has 0 amide bonds. The van der Waals surface area contributed by atoms with Crippen molar-refractivity contribution in [3.8, 4) is 11.8 Å². The highest BCUT2D eigenvalue weighted by molar-refractivity contribution is 5.89. The average Bonchev–Trinajstić information content (AvgIpc) is 2.74. The van der Waals surface area contributed by atoms with E-state index in [4.69, 9.17) is 9.47 Å². The van der Waals surface area contributed by atoms with Gasteiger partial charge in [-0.15, -0.1) is 0 Å². The first-order valence-electron chi connectivity index (χ1n) is 9.59. The van der Waals surface area contributed by atoms with Gasteiger partial charge in [-0.05, 0) is 54.5 Å². The van der Waals surface area contributed by atoms with Crippen LogP contribution in [0.2, 0.25) is 0 Å². The molecule has 1 aliphatic heterocycles. The lowest BCUT2D eigenvalue weighted by Crippen LogP contribution is -2.35. The number of rotatable bonds is 5. The molecule has 1 heterocycles. The van der Waals surface area contributed by atoms with E-state index in [1.807, 2.05) is 24.3 Å². The molecule has 0 N–H and O–H groups in total. The van der Waals surface area contributed by atoms with Gasteiger partial charge in [0, 0.05) is 25.2 Å². The number of benzene rings is 2. The van der Waals surface area contributed by atoms with Crippen molar-refractivity contribution in [1.82, 2.24) is 4.90 Å². The summed E-state index contributed by atoms with van der Waals surface area (Å²) in [4.78, 5) is 14.0. The maximum Gasteiger partial charge on any atom is 0.338 e. The van der Waals surface area contributed by atoms with Gasteiger partial charge < -0.3 is 9.47 Å². The van der Waals surface area contributed by atoms with Crippen molar-refractivity contribution in [2.24, 2.45) is 0 Å². The Morgan fingerprint density at radius 3 is 2.50 bits per heavy atom. The molecular formula is C24H25NO3. The van der Waals surface area contributed by atoms with Crippen molar-refractivity contribution in [3.63, 3.8) is 0 Å². The van der Waals surface area contributed by atoms with Gasteiger partial charge in [0.1, 0.15) is 0 Å². The van der Waals surface area contributed by atoms with Crippen LogP contribution in [0.5, 0.6) is 0 Å². The van der Waals surface area contributed by atoms with Crippen molar-refractivity contribution < 1.29 is 14.3 Å². The average molecular weight is 375 g/mol. The Morgan fingerprint density at radius 2 is 1.82 bits per heavy atom. The molecule has 0 saturated carbocycles. The summed E-state index contributed by atoms with van der Waals surface area (Å²) in [5.41, 5.74) is 3.84. The summed E-state index contributed by atoms with van der Waals surface area (Å²) in [5, 5.41) is 0. The van der Waals surface area contributed by atoms with Crippen LogP contribution in [0.15, 0.2) is 54.6 Å². The number of morpholine rings is 1. The van der Waals surface area contributed by atoms with E-state index in [2.05, 4.69) is 41.0 Å². The maximum atomic E-state index is 11.6. The smallest absolute Gasteiger partial charge is 0.338 e. The van der Waals surface area contributed by atoms with Crippen LogP contribution in [0.3, 0.4) is 0 Å². The third kappa shape index (κ3) is 6.09. The Balaban J connectivity index is 1.52. The fourth-order valence-electron chi connectivity index (χ4n) is 2.92. The molecule has 2 aromatic rings. The molecule has 1 aliphatic rings. The van der Waals surface area contributed by atoms with Crippen LogP contribution >= 0.6 is 0 Å². The van der Waals surface area contributed by atoms with Crippen molar-refractivity contribution in [3.05, 3.63) is 76.9 Å². The molecule has 0 radical (unpaired) electrons. The minimum Gasteiger partial charge on any atom is -0.462 e. The van der Waals surface area contributed by atoms with E-state index in [0.29, 0.717) is 12.2 Å². The van der Waals surface area contributed by atoms with Crippen LogP contribution in [-0.2, 0) is 16.0 Å². The molecule has 0 unspecified atom stereocenters. The highest BCUT2D eigenvalue weighted by atomic mass is 16.5. The standard InChI is InChI=1S/C24H25NO3/c1-2-28-24(26)23-13-11-21(12-14-23)6-4-3-5-20-7-9-22(10-8-20)19-25-15-17-27-18-16-25/h3,5,7-14H,2,15-19H2,1H3/b5-3-.